The monoisotopic (exact) mass is 236 g/mol. The number of nitro benzene ring substituents is 1. The molecular formula is C6H3ClNO5S-. The molecule has 1 aromatic rings. The molecule has 0 unspecified atom stereocenters. The Kier molecular flexibility index (Phi) is 2.74. The second kappa shape index (κ2) is 3.52. The van der Waals surface area contributed by atoms with Gasteiger partial charge in [0.25, 0.3) is 5.69 Å². The lowest BCUT2D eigenvalue weighted by Gasteiger charge is -2.08. The minimum atomic E-state index is -4.78. The molecule has 1 aromatic carbocycles. The maximum atomic E-state index is 10.6. The SMILES string of the molecule is O=[N+]([O-])c1cccc(S(=O)(=O)[O-])c1Cl. The topological polar surface area (TPSA) is 100 Å². The van der Waals surface area contributed by atoms with Gasteiger partial charge in [0.05, 0.1) is 9.82 Å². The summed E-state index contributed by atoms with van der Waals surface area (Å²) in [6.07, 6.45) is 0. The molecule has 0 aromatic heterocycles. The Bertz CT molecular complexity index is 483. The van der Waals surface area contributed by atoms with Gasteiger partial charge in [-0.05, 0) is 6.07 Å². The lowest BCUT2D eigenvalue weighted by Crippen LogP contribution is -2.01. The Balaban J connectivity index is 3.51. The van der Waals surface area contributed by atoms with Crippen LogP contribution < -0.4 is 0 Å². The number of nitro groups is 1. The van der Waals surface area contributed by atoms with Gasteiger partial charge in [-0.25, -0.2) is 8.42 Å². The van der Waals surface area contributed by atoms with Crippen LogP contribution in [0.15, 0.2) is 23.1 Å². The summed E-state index contributed by atoms with van der Waals surface area (Å²) in [6, 6.07) is 3.00. The lowest BCUT2D eigenvalue weighted by molar-refractivity contribution is -0.384. The predicted molar refractivity (Wildman–Crippen MR) is 46.1 cm³/mol. The van der Waals surface area contributed by atoms with Gasteiger partial charge in [-0.2, -0.15) is 0 Å². The maximum absolute atomic E-state index is 10.6. The second-order valence-electron chi connectivity index (χ2n) is 2.30. The fraction of sp³-hybridized carbons (Fsp3) is 0. The molecule has 0 radical (unpaired) electrons. The van der Waals surface area contributed by atoms with Crippen LogP contribution in [0.5, 0.6) is 0 Å². The third-order valence-corrected chi connectivity index (χ3v) is 2.80. The molecule has 0 spiro atoms. The Labute approximate surface area is 84.0 Å². The quantitative estimate of drug-likeness (QED) is 0.436. The van der Waals surface area contributed by atoms with Crippen LogP contribution >= 0.6 is 11.6 Å². The standard InChI is InChI=1S/C6H4ClNO5S/c7-6-4(8(9)10)2-1-3-5(6)14(11,12)13/h1-3H,(H,11,12,13)/p-1. The molecule has 0 bridgehead atoms. The summed E-state index contributed by atoms with van der Waals surface area (Å²) in [5.41, 5.74) is -0.608. The van der Waals surface area contributed by atoms with Gasteiger partial charge in [0.1, 0.15) is 15.1 Å². The number of hydrogen-bond donors (Lipinski definition) is 0. The summed E-state index contributed by atoms with van der Waals surface area (Å²) in [7, 11) is -4.78. The largest absolute Gasteiger partial charge is 0.744 e. The molecule has 0 amide bonds. The first-order chi connectivity index (χ1) is 6.34. The highest BCUT2D eigenvalue weighted by molar-refractivity contribution is 7.85. The summed E-state index contributed by atoms with van der Waals surface area (Å²) < 4.78 is 31.7. The zero-order valence-electron chi connectivity index (χ0n) is 6.51. The molecular weight excluding hydrogens is 234 g/mol. The number of hydrogen-bond acceptors (Lipinski definition) is 5. The number of nitrogens with zero attached hydrogens (tertiary/aromatic N) is 1. The van der Waals surface area contributed by atoms with E-state index in [-0.39, 0.29) is 0 Å². The average Bonchev–Trinajstić information content (AvgIpc) is 2.01. The summed E-state index contributed by atoms with van der Waals surface area (Å²) in [4.78, 5) is 8.68. The van der Waals surface area contributed by atoms with Crippen LogP contribution in [0.1, 0.15) is 0 Å². The predicted octanol–water partition coefficient (Wildman–Crippen LogP) is 1.15. The van der Waals surface area contributed by atoms with Crippen LogP contribution in [-0.2, 0) is 10.1 Å². The van der Waals surface area contributed by atoms with E-state index < -0.39 is 30.6 Å². The number of halogens is 1. The van der Waals surface area contributed by atoms with E-state index in [0.717, 1.165) is 18.2 Å². The van der Waals surface area contributed by atoms with Crippen molar-refractivity contribution < 1.29 is 17.9 Å². The molecule has 0 saturated heterocycles. The van der Waals surface area contributed by atoms with Gasteiger partial charge < -0.3 is 4.55 Å². The molecule has 8 heteroatoms. The molecule has 0 aliphatic heterocycles. The minimum absolute atomic E-state index is 0.608. The van der Waals surface area contributed by atoms with E-state index >= 15 is 0 Å². The van der Waals surface area contributed by atoms with Gasteiger partial charge in [0.2, 0.25) is 0 Å². The van der Waals surface area contributed by atoms with Crippen molar-refractivity contribution in [1.29, 1.82) is 0 Å². The minimum Gasteiger partial charge on any atom is -0.744 e. The van der Waals surface area contributed by atoms with E-state index in [1.165, 1.54) is 0 Å². The van der Waals surface area contributed by atoms with Crippen LogP contribution in [0.4, 0.5) is 5.69 Å². The van der Waals surface area contributed by atoms with E-state index in [4.69, 9.17) is 11.6 Å². The summed E-state index contributed by atoms with van der Waals surface area (Å²) in [5.74, 6) is 0. The highest BCUT2D eigenvalue weighted by Gasteiger charge is 2.18. The van der Waals surface area contributed by atoms with Crippen molar-refractivity contribution in [1.82, 2.24) is 0 Å². The van der Waals surface area contributed by atoms with Crippen molar-refractivity contribution in [2.75, 3.05) is 0 Å². The first-order valence-corrected chi connectivity index (χ1v) is 5.01. The third kappa shape index (κ3) is 2.00. The van der Waals surface area contributed by atoms with Crippen LogP contribution in [0, 0.1) is 10.1 Å². The average molecular weight is 237 g/mol. The lowest BCUT2D eigenvalue weighted by atomic mass is 10.3. The molecule has 0 saturated carbocycles. The molecule has 0 N–H and O–H groups in total. The highest BCUT2D eigenvalue weighted by Crippen LogP contribution is 2.30. The highest BCUT2D eigenvalue weighted by atomic mass is 35.5. The summed E-state index contributed by atoms with van der Waals surface area (Å²) in [6.45, 7) is 0. The van der Waals surface area contributed by atoms with Crippen molar-refractivity contribution in [2.24, 2.45) is 0 Å². The zero-order chi connectivity index (χ0) is 10.9. The molecule has 0 aliphatic carbocycles. The smallest absolute Gasteiger partial charge is 0.289 e. The Morgan fingerprint density at radius 1 is 1.36 bits per heavy atom. The van der Waals surface area contributed by atoms with E-state index in [9.17, 15) is 23.1 Å². The van der Waals surface area contributed by atoms with Crippen LogP contribution in [0.2, 0.25) is 5.02 Å². The van der Waals surface area contributed by atoms with Crippen LogP contribution in [0.3, 0.4) is 0 Å². The van der Waals surface area contributed by atoms with Crippen molar-refractivity contribution >= 4 is 27.4 Å². The van der Waals surface area contributed by atoms with E-state index in [1.807, 2.05) is 0 Å². The van der Waals surface area contributed by atoms with E-state index in [2.05, 4.69) is 0 Å². The molecule has 0 atom stereocenters. The second-order valence-corrected chi connectivity index (χ2v) is 4.03. The zero-order valence-corrected chi connectivity index (χ0v) is 8.08. The summed E-state index contributed by atoms with van der Waals surface area (Å²) in [5, 5.41) is 9.67. The Hall–Kier alpha value is -1.18. The molecule has 14 heavy (non-hydrogen) atoms. The molecule has 6 nitrogen and oxygen atoms in total. The van der Waals surface area contributed by atoms with Gasteiger partial charge in [-0.15, -0.1) is 0 Å². The molecule has 0 heterocycles. The van der Waals surface area contributed by atoms with E-state index in [1.54, 1.807) is 0 Å². The molecule has 0 fully saturated rings. The van der Waals surface area contributed by atoms with Crippen LogP contribution in [-0.4, -0.2) is 17.9 Å². The first-order valence-electron chi connectivity index (χ1n) is 3.23. The maximum Gasteiger partial charge on any atom is 0.289 e. The first kappa shape index (κ1) is 10.9. The third-order valence-electron chi connectivity index (χ3n) is 1.41. The Morgan fingerprint density at radius 2 is 1.93 bits per heavy atom. The van der Waals surface area contributed by atoms with E-state index in [0.29, 0.717) is 0 Å². The van der Waals surface area contributed by atoms with Gasteiger partial charge in [0, 0.05) is 6.07 Å². The molecule has 0 aliphatic rings. The number of benzene rings is 1. The van der Waals surface area contributed by atoms with Crippen molar-refractivity contribution in [3.8, 4) is 0 Å². The fourth-order valence-corrected chi connectivity index (χ4v) is 1.88. The van der Waals surface area contributed by atoms with Crippen molar-refractivity contribution in [3.63, 3.8) is 0 Å². The van der Waals surface area contributed by atoms with Gasteiger partial charge >= 0.3 is 0 Å². The summed E-state index contributed by atoms with van der Waals surface area (Å²) >= 11 is 5.37. The fourth-order valence-electron chi connectivity index (χ4n) is 0.833. The number of rotatable bonds is 2. The molecule has 1 rings (SSSR count). The van der Waals surface area contributed by atoms with Crippen molar-refractivity contribution in [2.45, 2.75) is 4.90 Å². The van der Waals surface area contributed by atoms with Crippen LogP contribution in [0.25, 0.3) is 0 Å². The molecule has 76 valence electrons. The Morgan fingerprint density at radius 3 is 2.36 bits per heavy atom. The van der Waals surface area contributed by atoms with Crippen molar-refractivity contribution in [3.05, 3.63) is 33.3 Å². The normalized spacial score (nSPS) is 11.3. The van der Waals surface area contributed by atoms with Gasteiger partial charge in [0.15, 0.2) is 0 Å². The van der Waals surface area contributed by atoms with Gasteiger partial charge in [-0.3, -0.25) is 10.1 Å². The van der Waals surface area contributed by atoms with Gasteiger partial charge in [-0.1, -0.05) is 17.7 Å².